The third kappa shape index (κ3) is 4.31. The third-order valence-electron chi connectivity index (χ3n) is 6.02. The summed E-state index contributed by atoms with van der Waals surface area (Å²) in [5, 5.41) is 7.82. The Kier molecular flexibility index (Phi) is 5.86. The highest BCUT2D eigenvalue weighted by Crippen LogP contribution is 2.39. The second kappa shape index (κ2) is 9.00. The van der Waals surface area contributed by atoms with Gasteiger partial charge in [-0.1, -0.05) is 52.7 Å². The van der Waals surface area contributed by atoms with Gasteiger partial charge < -0.3 is 9.84 Å². The molecule has 1 unspecified atom stereocenters. The van der Waals surface area contributed by atoms with E-state index in [1.807, 2.05) is 51.1 Å². The Morgan fingerprint density at radius 1 is 1.03 bits per heavy atom. The highest BCUT2D eigenvalue weighted by molar-refractivity contribution is 6.31. The fourth-order valence-corrected chi connectivity index (χ4v) is 4.36. The third-order valence-corrected chi connectivity index (χ3v) is 6.44. The topological polar surface area (TPSA) is 71.3 Å². The lowest BCUT2D eigenvalue weighted by Crippen LogP contribution is -2.46. The molecule has 0 saturated heterocycles. The molecule has 0 saturated carbocycles. The lowest BCUT2D eigenvalue weighted by Gasteiger charge is -2.35. The first kappa shape index (κ1) is 22.8. The summed E-state index contributed by atoms with van der Waals surface area (Å²) in [5.74, 6) is 0.340. The summed E-state index contributed by atoms with van der Waals surface area (Å²) in [5.41, 5.74) is 5.31. The molecule has 1 aromatic heterocycles. The summed E-state index contributed by atoms with van der Waals surface area (Å²) < 4.78 is 19.4. The molecule has 0 spiro atoms. The molecule has 1 atom stereocenters. The highest BCUT2D eigenvalue weighted by atomic mass is 35.5. The number of nitrogens with zero attached hydrogens (tertiary/aromatic N) is 3. The molecule has 35 heavy (non-hydrogen) atoms. The summed E-state index contributed by atoms with van der Waals surface area (Å²) in [4.78, 5) is 19.5. The van der Waals surface area contributed by atoms with Gasteiger partial charge in [-0.25, -0.2) is 9.18 Å². The van der Waals surface area contributed by atoms with Gasteiger partial charge in [0, 0.05) is 16.3 Å². The number of aryl methyl sites for hydroxylation is 2. The van der Waals surface area contributed by atoms with Crippen molar-refractivity contribution >= 4 is 28.9 Å². The lowest BCUT2D eigenvalue weighted by atomic mass is 9.94. The highest BCUT2D eigenvalue weighted by Gasteiger charge is 2.36. The van der Waals surface area contributed by atoms with E-state index < -0.39 is 6.04 Å². The van der Waals surface area contributed by atoms with Gasteiger partial charge in [0.2, 0.25) is 5.82 Å². The van der Waals surface area contributed by atoms with Crippen molar-refractivity contribution in [2.24, 2.45) is 0 Å². The molecule has 6 nitrogen and oxygen atoms in total. The summed E-state index contributed by atoms with van der Waals surface area (Å²) in [6.45, 7) is 5.69. The minimum absolute atomic E-state index is 0.268. The molecule has 1 N–H and O–H groups in total. The number of allylic oxidation sites excluding steroid dienone is 1. The van der Waals surface area contributed by atoms with Gasteiger partial charge in [0.15, 0.2) is 0 Å². The SMILES string of the molecule is CC1=C(c2nc(-c3cccc(C)c3)no2)C(c2ccc(F)cc2)NC(=O)N1c1ccc(Cl)c(C)c1. The number of hydrogen-bond acceptors (Lipinski definition) is 4. The lowest BCUT2D eigenvalue weighted by molar-refractivity contribution is 0.244. The van der Waals surface area contributed by atoms with Crippen LogP contribution in [0.15, 0.2) is 77.0 Å². The Morgan fingerprint density at radius 3 is 2.51 bits per heavy atom. The van der Waals surface area contributed by atoms with Crippen molar-refractivity contribution in [3.8, 4) is 11.4 Å². The summed E-state index contributed by atoms with van der Waals surface area (Å²) in [6, 6.07) is 18.2. The van der Waals surface area contributed by atoms with Gasteiger partial charge in [-0.3, -0.25) is 4.90 Å². The molecule has 2 amide bonds. The van der Waals surface area contributed by atoms with Gasteiger partial charge in [-0.2, -0.15) is 4.98 Å². The van der Waals surface area contributed by atoms with Crippen LogP contribution in [0.5, 0.6) is 0 Å². The number of benzene rings is 3. The van der Waals surface area contributed by atoms with Crippen molar-refractivity contribution in [3.63, 3.8) is 0 Å². The molecule has 1 aliphatic heterocycles. The van der Waals surface area contributed by atoms with Gasteiger partial charge in [0.25, 0.3) is 5.89 Å². The molecule has 1 aliphatic rings. The maximum absolute atomic E-state index is 13.6. The number of rotatable bonds is 4. The van der Waals surface area contributed by atoms with E-state index >= 15 is 0 Å². The van der Waals surface area contributed by atoms with Gasteiger partial charge in [0.05, 0.1) is 17.3 Å². The molecule has 2 heterocycles. The first-order valence-corrected chi connectivity index (χ1v) is 11.4. The largest absolute Gasteiger partial charge is 0.334 e. The number of aromatic nitrogens is 2. The fourth-order valence-electron chi connectivity index (χ4n) is 4.24. The zero-order chi connectivity index (χ0) is 24.7. The molecule has 0 aliphatic carbocycles. The molecular weight excluding hydrogens is 467 g/mol. The zero-order valence-electron chi connectivity index (χ0n) is 19.3. The van der Waals surface area contributed by atoms with Crippen molar-refractivity contribution in [2.45, 2.75) is 26.8 Å². The molecule has 0 bridgehead atoms. The second-order valence-electron chi connectivity index (χ2n) is 8.49. The van der Waals surface area contributed by atoms with Crippen molar-refractivity contribution in [3.05, 3.63) is 106 Å². The zero-order valence-corrected chi connectivity index (χ0v) is 20.1. The fraction of sp³-hybridized carbons (Fsp3) is 0.148. The van der Waals surface area contributed by atoms with Crippen molar-refractivity contribution < 1.29 is 13.7 Å². The Balaban J connectivity index is 1.66. The number of urea groups is 1. The van der Waals surface area contributed by atoms with Crippen LogP contribution in [0.25, 0.3) is 17.0 Å². The second-order valence-corrected chi connectivity index (χ2v) is 8.90. The average Bonchev–Trinajstić information content (AvgIpc) is 3.31. The van der Waals surface area contributed by atoms with Crippen molar-refractivity contribution in [1.82, 2.24) is 15.5 Å². The minimum Gasteiger partial charge on any atom is -0.334 e. The van der Waals surface area contributed by atoms with E-state index in [-0.39, 0.29) is 17.7 Å². The number of hydrogen-bond donors (Lipinski definition) is 1. The van der Waals surface area contributed by atoms with Gasteiger partial charge in [-0.15, -0.1) is 0 Å². The average molecular weight is 489 g/mol. The summed E-state index contributed by atoms with van der Waals surface area (Å²) in [6.07, 6.45) is 0. The van der Waals surface area contributed by atoms with E-state index in [1.54, 1.807) is 29.2 Å². The maximum atomic E-state index is 13.6. The number of anilines is 1. The van der Waals surface area contributed by atoms with E-state index in [9.17, 15) is 9.18 Å². The molecule has 0 radical (unpaired) electrons. The Bertz CT molecular complexity index is 1460. The molecular formula is C27H22ClFN4O2. The molecule has 3 aromatic carbocycles. The molecule has 4 aromatic rings. The molecule has 8 heteroatoms. The van der Waals surface area contributed by atoms with Crippen molar-refractivity contribution in [1.29, 1.82) is 0 Å². The predicted molar refractivity (Wildman–Crippen MR) is 133 cm³/mol. The quantitative estimate of drug-likeness (QED) is 0.341. The minimum atomic E-state index is -0.612. The standard InChI is InChI=1S/C27H22ClFN4O2/c1-15-5-4-6-19(13-15)25-31-26(35-32-25)23-17(3)33(21-11-12-22(28)16(2)14-21)27(34)30-24(23)18-7-9-20(29)10-8-18/h4-14,24H,1-3H3,(H,30,34). The van der Waals surface area contributed by atoms with E-state index in [1.165, 1.54) is 12.1 Å². The van der Waals surface area contributed by atoms with Gasteiger partial charge in [0.1, 0.15) is 5.82 Å². The van der Waals surface area contributed by atoms with Crippen LogP contribution in [-0.2, 0) is 0 Å². The number of amides is 2. The number of halogens is 2. The number of carbonyl (C=O) groups is 1. The monoisotopic (exact) mass is 488 g/mol. The normalized spacial score (nSPS) is 16.0. The Hall–Kier alpha value is -3.97. The summed E-state index contributed by atoms with van der Waals surface area (Å²) >= 11 is 6.21. The van der Waals surface area contributed by atoms with Crippen LogP contribution in [0.1, 0.15) is 35.5 Å². The van der Waals surface area contributed by atoms with E-state index in [4.69, 9.17) is 16.1 Å². The van der Waals surface area contributed by atoms with Gasteiger partial charge >= 0.3 is 6.03 Å². The van der Waals surface area contributed by atoms with Gasteiger partial charge in [-0.05, 0) is 68.3 Å². The van der Waals surface area contributed by atoms with Crippen LogP contribution in [0, 0.1) is 19.7 Å². The predicted octanol–water partition coefficient (Wildman–Crippen LogP) is 6.85. The smallest absolute Gasteiger partial charge is 0.326 e. The Morgan fingerprint density at radius 2 is 1.80 bits per heavy atom. The number of nitrogens with one attached hydrogen (secondary N) is 1. The van der Waals surface area contributed by atoms with Crippen LogP contribution in [0.2, 0.25) is 5.02 Å². The van der Waals surface area contributed by atoms with E-state index in [0.29, 0.717) is 33.4 Å². The van der Waals surface area contributed by atoms with Crippen LogP contribution >= 0.6 is 11.6 Å². The van der Waals surface area contributed by atoms with Crippen LogP contribution in [-0.4, -0.2) is 16.2 Å². The first-order valence-electron chi connectivity index (χ1n) is 11.1. The van der Waals surface area contributed by atoms with Crippen LogP contribution in [0.4, 0.5) is 14.9 Å². The maximum Gasteiger partial charge on any atom is 0.326 e. The van der Waals surface area contributed by atoms with Crippen LogP contribution < -0.4 is 10.2 Å². The molecule has 0 fully saturated rings. The van der Waals surface area contributed by atoms with Crippen LogP contribution in [0.3, 0.4) is 0 Å². The first-order chi connectivity index (χ1) is 16.8. The van der Waals surface area contributed by atoms with E-state index in [0.717, 1.165) is 16.7 Å². The Labute approximate surface area is 207 Å². The van der Waals surface area contributed by atoms with Crippen molar-refractivity contribution in [2.75, 3.05) is 4.90 Å². The molecule has 176 valence electrons. The van der Waals surface area contributed by atoms with E-state index in [2.05, 4.69) is 15.5 Å². The number of carbonyl (C=O) groups excluding carboxylic acids is 1. The molecule has 5 rings (SSSR count). The summed E-state index contributed by atoms with van der Waals surface area (Å²) in [7, 11) is 0.